The summed E-state index contributed by atoms with van der Waals surface area (Å²) >= 11 is 0. The molecule has 0 aliphatic carbocycles. The lowest BCUT2D eigenvalue weighted by molar-refractivity contribution is -0.0352. The van der Waals surface area contributed by atoms with Crippen molar-refractivity contribution >= 4 is 5.82 Å². The van der Waals surface area contributed by atoms with Crippen LogP contribution in [0.3, 0.4) is 0 Å². The Labute approximate surface area is 150 Å². The minimum absolute atomic E-state index is 0.0242. The second-order valence-corrected chi connectivity index (χ2v) is 6.87. The molecule has 1 N–H and O–H groups in total. The van der Waals surface area contributed by atoms with Crippen molar-refractivity contribution in [2.45, 2.75) is 38.8 Å². The number of unbranched alkanes of at least 4 members (excludes halogenated alkanes) is 1. The van der Waals surface area contributed by atoms with Crippen LogP contribution in [0.2, 0.25) is 0 Å². The SMILES string of the molecule is CCCCc1ncc(CN2CCO[C@H](c3cccc(N(C)C)n3)C2)[nH]1. The second kappa shape index (κ2) is 8.45. The van der Waals surface area contributed by atoms with Crippen molar-refractivity contribution in [1.82, 2.24) is 19.9 Å². The molecule has 6 nitrogen and oxygen atoms in total. The van der Waals surface area contributed by atoms with Gasteiger partial charge in [-0.1, -0.05) is 19.4 Å². The Morgan fingerprint density at radius 2 is 2.24 bits per heavy atom. The van der Waals surface area contributed by atoms with Crippen molar-refractivity contribution in [1.29, 1.82) is 0 Å². The minimum Gasteiger partial charge on any atom is -0.369 e. The summed E-state index contributed by atoms with van der Waals surface area (Å²) < 4.78 is 5.98. The summed E-state index contributed by atoms with van der Waals surface area (Å²) in [6.07, 6.45) is 5.40. The van der Waals surface area contributed by atoms with E-state index in [4.69, 9.17) is 9.72 Å². The van der Waals surface area contributed by atoms with Gasteiger partial charge in [-0.05, 0) is 18.6 Å². The highest BCUT2D eigenvalue weighted by Crippen LogP contribution is 2.23. The number of anilines is 1. The summed E-state index contributed by atoms with van der Waals surface area (Å²) in [7, 11) is 4.02. The highest BCUT2D eigenvalue weighted by Gasteiger charge is 2.23. The van der Waals surface area contributed by atoms with Crippen LogP contribution in [0.1, 0.15) is 43.1 Å². The van der Waals surface area contributed by atoms with Crippen LogP contribution < -0.4 is 4.90 Å². The molecular formula is C19H29N5O. The number of hydrogen-bond acceptors (Lipinski definition) is 5. The van der Waals surface area contributed by atoms with Gasteiger partial charge in [-0.15, -0.1) is 0 Å². The standard InChI is InChI=1S/C19H29N5O/c1-4-5-8-18-20-12-15(21-18)13-24-10-11-25-17(14-24)16-7-6-9-19(22-16)23(2)3/h6-7,9,12,17H,4-5,8,10-11,13-14H2,1-3H3,(H,20,21)/t17-/m0/s1. The molecule has 3 rings (SSSR count). The number of ether oxygens (including phenoxy) is 1. The van der Waals surface area contributed by atoms with Crippen LogP contribution in [-0.4, -0.2) is 53.6 Å². The number of pyridine rings is 1. The number of aromatic amines is 1. The second-order valence-electron chi connectivity index (χ2n) is 6.87. The molecule has 0 radical (unpaired) electrons. The van der Waals surface area contributed by atoms with E-state index in [2.05, 4.69) is 33.9 Å². The van der Waals surface area contributed by atoms with Gasteiger partial charge in [0.25, 0.3) is 0 Å². The molecule has 1 saturated heterocycles. The smallest absolute Gasteiger partial charge is 0.128 e. The molecular weight excluding hydrogens is 314 g/mol. The number of hydrogen-bond donors (Lipinski definition) is 1. The van der Waals surface area contributed by atoms with Gasteiger partial charge < -0.3 is 14.6 Å². The van der Waals surface area contributed by atoms with E-state index < -0.39 is 0 Å². The van der Waals surface area contributed by atoms with E-state index in [1.54, 1.807) is 0 Å². The lowest BCUT2D eigenvalue weighted by Crippen LogP contribution is -2.38. The van der Waals surface area contributed by atoms with Gasteiger partial charge in [-0.2, -0.15) is 0 Å². The average Bonchev–Trinajstić information content (AvgIpc) is 3.07. The normalized spacial score (nSPS) is 18.4. The molecule has 3 heterocycles. The van der Waals surface area contributed by atoms with Crippen molar-refractivity contribution in [2.75, 3.05) is 38.7 Å². The predicted octanol–water partition coefficient (Wildman–Crippen LogP) is 2.79. The number of aryl methyl sites for hydroxylation is 1. The summed E-state index contributed by atoms with van der Waals surface area (Å²) in [5, 5.41) is 0. The number of morpholine rings is 1. The van der Waals surface area contributed by atoms with E-state index in [9.17, 15) is 0 Å². The lowest BCUT2D eigenvalue weighted by atomic mass is 10.2. The molecule has 2 aromatic rings. The van der Waals surface area contributed by atoms with Crippen LogP contribution in [0.4, 0.5) is 5.82 Å². The average molecular weight is 343 g/mol. The Morgan fingerprint density at radius 3 is 3.04 bits per heavy atom. The molecule has 0 amide bonds. The topological polar surface area (TPSA) is 57.3 Å². The van der Waals surface area contributed by atoms with Crippen LogP contribution in [-0.2, 0) is 17.7 Å². The summed E-state index contributed by atoms with van der Waals surface area (Å²) in [6, 6.07) is 6.13. The number of rotatable bonds is 7. The fourth-order valence-electron chi connectivity index (χ4n) is 3.09. The van der Waals surface area contributed by atoms with Gasteiger partial charge >= 0.3 is 0 Å². The number of nitrogens with one attached hydrogen (secondary N) is 1. The van der Waals surface area contributed by atoms with E-state index in [1.807, 2.05) is 31.3 Å². The Balaban J connectivity index is 1.61. The van der Waals surface area contributed by atoms with Crippen LogP contribution in [0.25, 0.3) is 0 Å². The first-order valence-corrected chi connectivity index (χ1v) is 9.16. The van der Waals surface area contributed by atoms with E-state index in [-0.39, 0.29) is 6.10 Å². The molecule has 0 saturated carbocycles. The zero-order valence-electron chi connectivity index (χ0n) is 15.5. The quantitative estimate of drug-likeness (QED) is 0.838. The number of aromatic nitrogens is 3. The van der Waals surface area contributed by atoms with Crippen molar-refractivity contribution in [2.24, 2.45) is 0 Å². The van der Waals surface area contributed by atoms with Gasteiger partial charge in [0.05, 0.1) is 12.3 Å². The highest BCUT2D eigenvalue weighted by molar-refractivity contribution is 5.37. The van der Waals surface area contributed by atoms with Gasteiger partial charge in [0.1, 0.15) is 17.7 Å². The highest BCUT2D eigenvalue weighted by atomic mass is 16.5. The van der Waals surface area contributed by atoms with Gasteiger partial charge in [-0.3, -0.25) is 4.90 Å². The van der Waals surface area contributed by atoms with E-state index in [1.165, 1.54) is 18.5 Å². The largest absolute Gasteiger partial charge is 0.369 e. The first kappa shape index (κ1) is 17.9. The molecule has 2 aromatic heterocycles. The summed E-state index contributed by atoms with van der Waals surface area (Å²) in [5.41, 5.74) is 2.19. The molecule has 0 aromatic carbocycles. The zero-order valence-corrected chi connectivity index (χ0v) is 15.5. The van der Waals surface area contributed by atoms with Gasteiger partial charge in [0.15, 0.2) is 0 Å². The van der Waals surface area contributed by atoms with Gasteiger partial charge in [0, 0.05) is 52.0 Å². The molecule has 6 heteroatoms. The Kier molecular flexibility index (Phi) is 6.04. The van der Waals surface area contributed by atoms with Crippen molar-refractivity contribution in [3.05, 3.63) is 41.6 Å². The maximum atomic E-state index is 5.98. The van der Waals surface area contributed by atoms with E-state index >= 15 is 0 Å². The zero-order chi connectivity index (χ0) is 17.6. The maximum absolute atomic E-state index is 5.98. The van der Waals surface area contributed by atoms with Crippen molar-refractivity contribution < 1.29 is 4.74 Å². The maximum Gasteiger partial charge on any atom is 0.128 e. The lowest BCUT2D eigenvalue weighted by Gasteiger charge is -2.32. The molecule has 0 bridgehead atoms. The van der Waals surface area contributed by atoms with Crippen molar-refractivity contribution in [3.63, 3.8) is 0 Å². The molecule has 1 atom stereocenters. The Morgan fingerprint density at radius 1 is 1.36 bits per heavy atom. The minimum atomic E-state index is 0.0242. The number of imidazole rings is 1. The molecule has 0 spiro atoms. The third-order valence-corrected chi connectivity index (χ3v) is 4.54. The fourth-order valence-corrected chi connectivity index (χ4v) is 3.09. The van der Waals surface area contributed by atoms with Crippen LogP contribution >= 0.6 is 0 Å². The summed E-state index contributed by atoms with van der Waals surface area (Å²) in [5.74, 6) is 2.06. The monoisotopic (exact) mass is 343 g/mol. The van der Waals surface area contributed by atoms with Gasteiger partial charge in [-0.25, -0.2) is 9.97 Å². The fraction of sp³-hybridized carbons (Fsp3) is 0.579. The third kappa shape index (κ3) is 4.80. The van der Waals surface area contributed by atoms with Crippen LogP contribution in [0.5, 0.6) is 0 Å². The third-order valence-electron chi connectivity index (χ3n) is 4.54. The van der Waals surface area contributed by atoms with Crippen LogP contribution in [0, 0.1) is 0 Å². The van der Waals surface area contributed by atoms with E-state index in [0.29, 0.717) is 0 Å². The first-order chi connectivity index (χ1) is 12.2. The summed E-state index contributed by atoms with van der Waals surface area (Å²) in [4.78, 5) is 17.1. The first-order valence-electron chi connectivity index (χ1n) is 9.16. The molecule has 25 heavy (non-hydrogen) atoms. The number of nitrogens with zero attached hydrogens (tertiary/aromatic N) is 4. The van der Waals surface area contributed by atoms with Crippen LogP contribution in [0.15, 0.2) is 24.4 Å². The molecule has 0 unspecified atom stereocenters. The molecule has 1 fully saturated rings. The molecule has 136 valence electrons. The number of H-pyrrole nitrogens is 1. The molecule has 1 aliphatic heterocycles. The Bertz CT molecular complexity index is 669. The Hall–Kier alpha value is -1.92. The predicted molar refractivity (Wildman–Crippen MR) is 99.7 cm³/mol. The van der Waals surface area contributed by atoms with Crippen molar-refractivity contribution in [3.8, 4) is 0 Å². The summed E-state index contributed by atoms with van der Waals surface area (Å²) in [6.45, 7) is 5.61. The van der Waals surface area contributed by atoms with Gasteiger partial charge in [0.2, 0.25) is 0 Å². The molecule has 1 aliphatic rings. The van der Waals surface area contributed by atoms with E-state index in [0.717, 1.165) is 50.0 Å².